The molecule has 1 aromatic carbocycles. The van der Waals surface area contributed by atoms with E-state index in [9.17, 15) is 4.39 Å². The number of amidine groups is 1. The lowest BCUT2D eigenvalue weighted by Gasteiger charge is -2.16. The van der Waals surface area contributed by atoms with Crippen LogP contribution in [0.15, 0.2) is 27.7 Å². The Morgan fingerprint density at radius 1 is 1.44 bits per heavy atom. The van der Waals surface area contributed by atoms with Gasteiger partial charge in [-0.2, -0.15) is 0 Å². The summed E-state index contributed by atoms with van der Waals surface area (Å²) >= 11 is 3.28. The van der Waals surface area contributed by atoms with Gasteiger partial charge in [-0.05, 0) is 39.0 Å². The number of nitrogens with two attached hydrogens (primary N) is 1. The smallest absolute Gasteiger partial charge is 0.146 e. The van der Waals surface area contributed by atoms with Crippen LogP contribution in [0.2, 0.25) is 0 Å². The van der Waals surface area contributed by atoms with Gasteiger partial charge in [-0.25, -0.2) is 10.2 Å². The number of nitrogens with zero attached hydrogens (tertiary/aromatic N) is 1. The summed E-state index contributed by atoms with van der Waals surface area (Å²) in [6.45, 7) is 5.75. The fourth-order valence-electron chi connectivity index (χ4n) is 1.18. The molecule has 5 heteroatoms. The standard InChI is InChI=1S/C11H15BrFN3/c1-11(2,3)15-10(16-14)8-6-7(12)4-5-9(8)13/h4-6H,14H2,1-3H3,(H,15,16). The Morgan fingerprint density at radius 3 is 2.56 bits per heavy atom. The zero-order valence-electron chi connectivity index (χ0n) is 9.51. The number of aliphatic imine (C=N–C) groups is 1. The maximum absolute atomic E-state index is 13.6. The minimum absolute atomic E-state index is 0.323. The third-order valence-electron chi connectivity index (χ3n) is 1.77. The van der Waals surface area contributed by atoms with Gasteiger partial charge in [0.15, 0.2) is 0 Å². The molecule has 0 spiro atoms. The predicted molar refractivity (Wildman–Crippen MR) is 67.7 cm³/mol. The highest BCUT2D eigenvalue weighted by atomic mass is 79.9. The summed E-state index contributed by atoms with van der Waals surface area (Å²) in [4.78, 5) is 4.32. The Labute approximate surface area is 103 Å². The molecule has 0 bridgehead atoms. The van der Waals surface area contributed by atoms with Crippen LogP contribution in [-0.2, 0) is 0 Å². The zero-order valence-corrected chi connectivity index (χ0v) is 11.1. The van der Waals surface area contributed by atoms with Crippen molar-refractivity contribution in [3.63, 3.8) is 0 Å². The van der Waals surface area contributed by atoms with Crippen LogP contribution in [0.4, 0.5) is 4.39 Å². The van der Waals surface area contributed by atoms with Crippen LogP contribution >= 0.6 is 15.9 Å². The number of rotatable bonds is 1. The third-order valence-corrected chi connectivity index (χ3v) is 2.26. The van der Waals surface area contributed by atoms with Gasteiger partial charge in [0.1, 0.15) is 11.7 Å². The van der Waals surface area contributed by atoms with Gasteiger partial charge in [-0.1, -0.05) is 15.9 Å². The fraction of sp³-hybridized carbons (Fsp3) is 0.364. The van der Waals surface area contributed by atoms with Crippen molar-refractivity contribution >= 4 is 21.8 Å². The molecule has 0 heterocycles. The van der Waals surface area contributed by atoms with E-state index in [-0.39, 0.29) is 11.4 Å². The molecule has 0 aliphatic carbocycles. The number of hydrogen-bond donors (Lipinski definition) is 2. The van der Waals surface area contributed by atoms with Gasteiger partial charge in [-0.3, -0.25) is 4.99 Å². The third kappa shape index (κ3) is 3.57. The maximum Gasteiger partial charge on any atom is 0.146 e. The molecular formula is C11H15BrFN3. The molecule has 0 aromatic heterocycles. The molecule has 3 nitrogen and oxygen atoms in total. The molecule has 16 heavy (non-hydrogen) atoms. The first kappa shape index (κ1) is 13.1. The normalized spacial score (nSPS) is 12.8. The monoisotopic (exact) mass is 287 g/mol. The van der Waals surface area contributed by atoms with Crippen molar-refractivity contribution in [1.29, 1.82) is 0 Å². The van der Waals surface area contributed by atoms with E-state index in [2.05, 4.69) is 26.3 Å². The Balaban J connectivity index is 3.24. The summed E-state index contributed by atoms with van der Waals surface area (Å²) in [5.74, 6) is 5.35. The fourth-order valence-corrected chi connectivity index (χ4v) is 1.55. The number of hydrogen-bond acceptors (Lipinski definition) is 2. The van der Waals surface area contributed by atoms with Crippen LogP contribution in [0.5, 0.6) is 0 Å². The molecule has 0 saturated carbocycles. The predicted octanol–water partition coefficient (Wildman–Crippen LogP) is 2.60. The zero-order chi connectivity index (χ0) is 12.3. The van der Waals surface area contributed by atoms with Crippen LogP contribution in [0.25, 0.3) is 0 Å². The van der Waals surface area contributed by atoms with Crippen molar-refractivity contribution < 1.29 is 4.39 Å². The Bertz CT molecular complexity index is 410. The van der Waals surface area contributed by atoms with E-state index in [1.807, 2.05) is 20.8 Å². The second kappa shape index (κ2) is 4.93. The number of halogens is 2. The quantitative estimate of drug-likeness (QED) is 0.361. The molecule has 0 saturated heterocycles. The first-order chi connectivity index (χ1) is 7.33. The highest BCUT2D eigenvalue weighted by molar-refractivity contribution is 9.10. The lowest BCUT2D eigenvalue weighted by Crippen LogP contribution is -2.34. The summed E-state index contributed by atoms with van der Waals surface area (Å²) < 4.78 is 14.4. The van der Waals surface area contributed by atoms with Crippen LogP contribution in [0, 0.1) is 5.82 Å². The van der Waals surface area contributed by atoms with E-state index >= 15 is 0 Å². The molecule has 0 unspecified atom stereocenters. The molecule has 0 amide bonds. The average molecular weight is 288 g/mol. The average Bonchev–Trinajstić information content (AvgIpc) is 2.17. The molecule has 0 aliphatic rings. The van der Waals surface area contributed by atoms with E-state index < -0.39 is 0 Å². The van der Waals surface area contributed by atoms with Gasteiger partial charge >= 0.3 is 0 Å². The number of nitrogens with one attached hydrogen (secondary N) is 1. The van der Waals surface area contributed by atoms with Gasteiger partial charge in [-0.15, -0.1) is 0 Å². The van der Waals surface area contributed by atoms with E-state index in [0.717, 1.165) is 4.47 Å². The van der Waals surface area contributed by atoms with Crippen molar-refractivity contribution in [3.8, 4) is 0 Å². The molecule has 3 N–H and O–H groups in total. The molecule has 0 radical (unpaired) electrons. The topological polar surface area (TPSA) is 50.4 Å². The second-order valence-corrected chi connectivity index (χ2v) is 5.32. The lowest BCUT2D eigenvalue weighted by atomic mass is 10.1. The van der Waals surface area contributed by atoms with Crippen molar-refractivity contribution in [1.82, 2.24) is 5.43 Å². The van der Waals surface area contributed by atoms with E-state index in [0.29, 0.717) is 11.4 Å². The Hall–Kier alpha value is -0.940. The van der Waals surface area contributed by atoms with Gasteiger partial charge in [0.05, 0.1) is 11.1 Å². The molecule has 1 aromatic rings. The molecular weight excluding hydrogens is 273 g/mol. The minimum atomic E-state index is -0.357. The van der Waals surface area contributed by atoms with Crippen LogP contribution in [0.3, 0.4) is 0 Å². The van der Waals surface area contributed by atoms with Gasteiger partial charge in [0.2, 0.25) is 0 Å². The van der Waals surface area contributed by atoms with Crippen molar-refractivity contribution in [2.75, 3.05) is 0 Å². The number of hydrazine groups is 1. The second-order valence-electron chi connectivity index (χ2n) is 4.40. The highest BCUT2D eigenvalue weighted by Gasteiger charge is 2.14. The summed E-state index contributed by atoms with van der Waals surface area (Å²) in [5, 5.41) is 0. The molecule has 88 valence electrons. The number of benzene rings is 1. The first-order valence-electron chi connectivity index (χ1n) is 4.85. The summed E-state index contributed by atoms with van der Waals surface area (Å²) in [6, 6.07) is 4.64. The van der Waals surface area contributed by atoms with Gasteiger partial charge in [0.25, 0.3) is 0 Å². The summed E-state index contributed by atoms with van der Waals surface area (Å²) in [6.07, 6.45) is 0. The van der Waals surface area contributed by atoms with Crippen molar-refractivity contribution in [3.05, 3.63) is 34.1 Å². The lowest BCUT2D eigenvalue weighted by molar-refractivity contribution is 0.577. The van der Waals surface area contributed by atoms with Crippen LogP contribution < -0.4 is 11.3 Å². The summed E-state index contributed by atoms with van der Waals surface area (Å²) in [5.41, 5.74) is 2.46. The van der Waals surface area contributed by atoms with Crippen molar-refractivity contribution in [2.24, 2.45) is 10.8 Å². The Kier molecular flexibility index (Phi) is 4.04. The summed E-state index contributed by atoms with van der Waals surface area (Å²) in [7, 11) is 0. The van der Waals surface area contributed by atoms with Gasteiger partial charge < -0.3 is 5.43 Å². The molecule has 0 atom stereocenters. The minimum Gasteiger partial charge on any atom is -0.308 e. The first-order valence-corrected chi connectivity index (χ1v) is 5.64. The van der Waals surface area contributed by atoms with Crippen molar-refractivity contribution in [2.45, 2.75) is 26.3 Å². The van der Waals surface area contributed by atoms with E-state index in [4.69, 9.17) is 5.84 Å². The molecule has 1 rings (SSSR count). The molecule has 0 aliphatic heterocycles. The van der Waals surface area contributed by atoms with E-state index in [1.54, 1.807) is 12.1 Å². The van der Waals surface area contributed by atoms with E-state index in [1.165, 1.54) is 6.07 Å². The SMILES string of the molecule is CC(C)(C)N=C(NN)c1cc(Br)ccc1F. The Morgan fingerprint density at radius 2 is 2.06 bits per heavy atom. The van der Waals surface area contributed by atoms with Gasteiger partial charge in [0, 0.05) is 4.47 Å². The largest absolute Gasteiger partial charge is 0.308 e. The highest BCUT2D eigenvalue weighted by Crippen LogP contribution is 2.17. The molecule has 0 fully saturated rings. The maximum atomic E-state index is 13.6. The van der Waals surface area contributed by atoms with Crippen LogP contribution in [-0.4, -0.2) is 11.4 Å². The van der Waals surface area contributed by atoms with Crippen LogP contribution in [0.1, 0.15) is 26.3 Å².